The van der Waals surface area contributed by atoms with Crippen LogP contribution in [0.1, 0.15) is 31.4 Å². The van der Waals surface area contributed by atoms with Crippen LogP contribution in [0.3, 0.4) is 0 Å². The van der Waals surface area contributed by atoms with Crippen molar-refractivity contribution in [2.75, 3.05) is 31.7 Å². The summed E-state index contributed by atoms with van der Waals surface area (Å²) in [4.78, 5) is 2.10. The lowest BCUT2D eigenvalue weighted by Crippen LogP contribution is -2.32. The lowest BCUT2D eigenvalue weighted by Gasteiger charge is -2.30. The van der Waals surface area contributed by atoms with Crippen molar-refractivity contribution in [3.8, 4) is 0 Å². The van der Waals surface area contributed by atoms with Crippen LogP contribution < -0.4 is 10.6 Å². The molecular formula is C15H23FN2O. The molecule has 0 saturated carbocycles. The van der Waals surface area contributed by atoms with Crippen LogP contribution in [0.2, 0.25) is 0 Å². The van der Waals surface area contributed by atoms with E-state index >= 15 is 0 Å². The van der Waals surface area contributed by atoms with Crippen LogP contribution in [0.5, 0.6) is 0 Å². The van der Waals surface area contributed by atoms with Gasteiger partial charge in [0.25, 0.3) is 0 Å². The van der Waals surface area contributed by atoms with Gasteiger partial charge in [-0.15, -0.1) is 0 Å². The van der Waals surface area contributed by atoms with Gasteiger partial charge in [-0.2, -0.15) is 0 Å². The summed E-state index contributed by atoms with van der Waals surface area (Å²) >= 11 is 0. The van der Waals surface area contributed by atoms with Gasteiger partial charge in [0.15, 0.2) is 0 Å². The van der Waals surface area contributed by atoms with Gasteiger partial charge in [0.05, 0.1) is 6.61 Å². The van der Waals surface area contributed by atoms with Crippen molar-refractivity contribution < 1.29 is 9.13 Å². The second-order valence-corrected chi connectivity index (χ2v) is 5.43. The summed E-state index contributed by atoms with van der Waals surface area (Å²) in [6.07, 6.45) is 2.29. The number of hydrogen-bond acceptors (Lipinski definition) is 3. The smallest absolute Gasteiger partial charge is 0.130 e. The summed E-state index contributed by atoms with van der Waals surface area (Å²) < 4.78 is 19.4. The van der Waals surface area contributed by atoms with Crippen LogP contribution in [0.25, 0.3) is 0 Å². The molecule has 0 aliphatic carbocycles. The molecule has 3 nitrogen and oxygen atoms in total. The van der Waals surface area contributed by atoms with E-state index in [-0.39, 0.29) is 11.9 Å². The van der Waals surface area contributed by atoms with Gasteiger partial charge in [-0.3, -0.25) is 0 Å². The molecule has 0 amide bonds. The van der Waals surface area contributed by atoms with Crippen molar-refractivity contribution in [2.24, 2.45) is 11.7 Å². The van der Waals surface area contributed by atoms with Gasteiger partial charge in [-0.1, -0.05) is 6.07 Å². The maximum atomic E-state index is 13.9. The van der Waals surface area contributed by atoms with Crippen molar-refractivity contribution in [3.63, 3.8) is 0 Å². The fourth-order valence-electron chi connectivity index (χ4n) is 2.75. The van der Waals surface area contributed by atoms with Crippen molar-refractivity contribution >= 4 is 5.69 Å². The number of nitrogens with zero attached hydrogens (tertiary/aromatic N) is 1. The number of benzene rings is 1. The molecule has 2 atom stereocenters. The SMILES string of the molecule is C[C@H](N)c1c(F)cccc1N(C)CC1CCCOC1. The topological polar surface area (TPSA) is 38.5 Å². The zero-order valence-corrected chi connectivity index (χ0v) is 11.7. The number of rotatable bonds is 4. The quantitative estimate of drug-likeness (QED) is 0.910. The molecule has 1 unspecified atom stereocenters. The largest absolute Gasteiger partial charge is 0.381 e. The van der Waals surface area contributed by atoms with Crippen LogP contribution in [0.15, 0.2) is 18.2 Å². The molecule has 2 N–H and O–H groups in total. The molecule has 1 aromatic carbocycles. The molecule has 1 heterocycles. The number of hydrogen-bond donors (Lipinski definition) is 1. The highest BCUT2D eigenvalue weighted by atomic mass is 19.1. The Morgan fingerprint density at radius 2 is 2.32 bits per heavy atom. The van der Waals surface area contributed by atoms with Crippen molar-refractivity contribution in [1.29, 1.82) is 0 Å². The third-order valence-corrected chi connectivity index (χ3v) is 3.68. The Morgan fingerprint density at radius 3 is 2.95 bits per heavy atom. The summed E-state index contributed by atoms with van der Waals surface area (Å²) in [6, 6.07) is 4.84. The lowest BCUT2D eigenvalue weighted by atomic mass is 10.00. The first kappa shape index (κ1) is 14.3. The van der Waals surface area contributed by atoms with Gasteiger partial charge in [0.1, 0.15) is 5.82 Å². The molecule has 1 aromatic rings. The van der Waals surface area contributed by atoms with Crippen LogP contribution in [0, 0.1) is 11.7 Å². The number of halogens is 1. The summed E-state index contributed by atoms with van der Waals surface area (Å²) in [5, 5.41) is 0. The summed E-state index contributed by atoms with van der Waals surface area (Å²) in [5.74, 6) is 0.294. The van der Waals surface area contributed by atoms with Crippen molar-refractivity contribution in [2.45, 2.75) is 25.8 Å². The normalized spacial score (nSPS) is 21.2. The second-order valence-electron chi connectivity index (χ2n) is 5.43. The minimum atomic E-state index is -0.304. The third kappa shape index (κ3) is 3.45. The van der Waals surface area contributed by atoms with E-state index in [4.69, 9.17) is 10.5 Å². The molecule has 19 heavy (non-hydrogen) atoms. The average molecular weight is 266 g/mol. The first-order valence-electron chi connectivity index (χ1n) is 6.92. The molecule has 2 rings (SSSR count). The molecule has 4 heteroatoms. The molecule has 0 bridgehead atoms. The Labute approximate surface area is 114 Å². The Hall–Kier alpha value is -1.13. The summed E-state index contributed by atoms with van der Waals surface area (Å²) in [7, 11) is 2.00. The first-order chi connectivity index (χ1) is 9.09. The van der Waals surface area contributed by atoms with Gasteiger partial charge >= 0.3 is 0 Å². The van der Waals surface area contributed by atoms with Gasteiger partial charge in [-0.25, -0.2) is 4.39 Å². The van der Waals surface area contributed by atoms with Crippen molar-refractivity contribution in [3.05, 3.63) is 29.6 Å². The van der Waals surface area contributed by atoms with E-state index in [0.717, 1.165) is 31.9 Å². The number of nitrogens with two attached hydrogens (primary N) is 1. The molecule has 1 aliphatic heterocycles. The monoisotopic (exact) mass is 266 g/mol. The standard InChI is InChI=1S/C15H23FN2O/c1-11(17)15-13(16)6-3-7-14(15)18(2)9-12-5-4-8-19-10-12/h3,6-7,11-12H,4-5,8-10,17H2,1-2H3/t11-,12?/m0/s1. The zero-order chi connectivity index (χ0) is 13.8. The van der Waals surface area contributed by atoms with E-state index < -0.39 is 0 Å². The van der Waals surface area contributed by atoms with Crippen molar-refractivity contribution in [1.82, 2.24) is 0 Å². The fourth-order valence-corrected chi connectivity index (χ4v) is 2.75. The maximum Gasteiger partial charge on any atom is 0.130 e. The average Bonchev–Trinajstić information content (AvgIpc) is 2.39. The predicted molar refractivity (Wildman–Crippen MR) is 75.8 cm³/mol. The van der Waals surface area contributed by atoms with Gasteiger partial charge in [-0.05, 0) is 37.8 Å². The molecule has 0 spiro atoms. The van der Waals surface area contributed by atoms with E-state index in [1.807, 2.05) is 20.0 Å². The fraction of sp³-hybridized carbons (Fsp3) is 0.600. The Bertz CT molecular complexity index is 417. The predicted octanol–water partition coefficient (Wildman–Crippen LogP) is 2.71. The Kier molecular flexibility index (Phi) is 4.77. The zero-order valence-electron chi connectivity index (χ0n) is 11.7. The molecule has 106 valence electrons. The number of anilines is 1. The molecule has 0 aromatic heterocycles. The minimum absolute atomic E-state index is 0.223. The highest BCUT2D eigenvalue weighted by Gasteiger charge is 2.20. The van der Waals surface area contributed by atoms with E-state index in [2.05, 4.69) is 4.90 Å². The van der Waals surface area contributed by atoms with Crippen LogP contribution in [-0.4, -0.2) is 26.8 Å². The Morgan fingerprint density at radius 1 is 1.53 bits per heavy atom. The molecule has 0 radical (unpaired) electrons. The van der Waals surface area contributed by atoms with E-state index in [0.29, 0.717) is 11.5 Å². The van der Waals surface area contributed by atoms with Crippen LogP contribution in [0.4, 0.5) is 10.1 Å². The molecule has 1 fully saturated rings. The molecule has 1 aliphatic rings. The van der Waals surface area contributed by atoms with E-state index in [1.165, 1.54) is 12.5 Å². The number of ether oxygens (including phenoxy) is 1. The van der Waals surface area contributed by atoms with Crippen LogP contribution in [-0.2, 0) is 4.74 Å². The molecular weight excluding hydrogens is 243 g/mol. The van der Waals surface area contributed by atoms with Gasteiger partial charge in [0.2, 0.25) is 0 Å². The summed E-state index contributed by atoms with van der Waals surface area (Å²) in [6.45, 7) is 4.36. The van der Waals surface area contributed by atoms with Gasteiger partial charge in [0, 0.05) is 37.5 Å². The minimum Gasteiger partial charge on any atom is -0.381 e. The summed E-state index contributed by atoms with van der Waals surface area (Å²) in [5.41, 5.74) is 7.38. The molecule has 1 saturated heterocycles. The Balaban J connectivity index is 2.13. The lowest BCUT2D eigenvalue weighted by molar-refractivity contribution is 0.0576. The van der Waals surface area contributed by atoms with E-state index in [9.17, 15) is 4.39 Å². The highest BCUT2D eigenvalue weighted by molar-refractivity contribution is 5.55. The third-order valence-electron chi connectivity index (χ3n) is 3.68. The van der Waals surface area contributed by atoms with Gasteiger partial charge < -0.3 is 15.4 Å². The van der Waals surface area contributed by atoms with Crippen LogP contribution >= 0.6 is 0 Å². The highest BCUT2D eigenvalue weighted by Crippen LogP contribution is 2.28. The maximum absolute atomic E-state index is 13.9. The van der Waals surface area contributed by atoms with E-state index in [1.54, 1.807) is 6.07 Å². The second kappa shape index (κ2) is 6.35. The first-order valence-corrected chi connectivity index (χ1v) is 6.92.